The molecule has 1 heterocycles. The minimum Gasteiger partial charge on any atom is -0.490 e. The number of thioether (sulfide) groups is 1. The average Bonchev–Trinajstić information content (AvgIpc) is 3.26. The number of para-hydroxylation sites is 1. The van der Waals surface area contributed by atoms with E-state index in [9.17, 15) is 15.4 Å². The molecule has 0 N–H and O–H groups in total. The third-order valence-electron chi connectivity index (χ3n) is 4.74. The van der Waals surface area contributed by atoms with Crippen molar-refractivity contribution in [2.75, 3.05) is 6.61 Å². The number of benzene rings is 3. The molecule has 0 saturated heterocycles. The van der Waals surface area contributed by atoms with Gasteiger partial charge in [-0.05, 0) is 88.2 Å². The van der Waals surface area contributed by atoms with Crippen LogP contribution in [-0.2, 0) is 6.61 Å². The summed E-state index contributed by atoms with van der Waals surface area (Å²) in [7, 11) is 0. The van der Waals surface area contributed by atoms with Crippen molar-refractivity contribution in [3.8, 4) is 17.6 Å². The Morgan fingerprint density at radius 1 is 1.23 bits per heavy atom. The minimum absolute atomic E-state index is 0.0260. The summed E-state index contributed by atoms with van der Waals surface area (Å²) in [5, 5.41) is 20.6. The predicted octanol–water partition coefficient (Wildman–Crippen LogP) is 7.60. The quantitative estimate of drug-likeness (QED) is 0.0887. The Labute approximate surface area is 218 Å². The van der Waals surface area contributed by atoms with Crippen molar-refractivity contribution in [3.05, 3.63) is 91.3 Å². The maximum absolute atomic E-state index is 10.8. The molecule has 0 spiro atoms. The fourth-order valence-electron chi connectivity index (χ4n) is 3.17. The zero-order valence-electron chi connectivity index (χ0n) is 18.4. The van der Waals surface area contributed by atoms with Gasteiger partial charge in [0.15, 0.2) is 15.8 Å². The molecule has 3 aromatic carbocycles. The fraction of sp³-hybridized carbons (Fsp3) is 0.120. The Hall–Kier alpha value is -3.39. The minimum atomic E-state index is -0.439. The van der Waals surface area contributed by atoms with E-state index >= 15 is 0 Å². The summed E-state index contributed by atoms with van der Waals surface area (Å²) in [6.07, 6.45) is 1.78. The number of aromatic nitrogens is 1. The van der Waals surface area contributed by atoms with Gasteiger partial charge in [0.05, 0.1) is 31.1 Å². The lowest BCUT2D eigenvalue weighted by Gasteiger charge is -2.15. The Morgan fingerprint density at radius 3 is 2.69 bits per heavy atom. The van der Waals surface area contributed by atoms with Gasteiger partial charge in [-0.2, -0.15) is 5.26 Å². The highest BCUT2D eigenvalue weighted by Crippen LogP contribution is 2.39. The van der Waals surface area contributed by atoms with Crippen molar-refractivity contribution in [2.24, 2.45) is 0 Å². The standard InChI is InChI=1S/C25H18BrN3O4S2/c1-2-32-22-13-17(11-19(14-27)34-25-28-21-5-3-4-6-23(21)35-25)12-20(26)24(22)33-15-16-7-9-18(10-8-16)29(30)31/h3-13H,2,15H2,1H3/b19-11+. The van der Waals surface area contributed by atoms with Crippen molar-refractivity contribution in [3.63, 3.8) is 0 Å². The van der Waals surface area contributed by atoms with Gasteiger partial charge in [0.2, 0.25) is 0 Å². The summed E-state index contributed by atoms with van der Waals surface area (Å²) in [6.45, 7) is 2.52. The Balaban J connectivity index is 1.55. The first-order valence-electron chi connectivity index (χ1n) is 10.4. The number of nitrogens with zero attached hydrogens (tertiary/aromatic N) is 3. The molecule has 0 aliphatic rings. The van der Waals surface area contributed by atoms with E-state index in [1.54, 1.807) is 29.5 Å². The van der Waals surface area contributed by atoms with Crippen LogP contribution in [0.1, 0.15) is 18.1 Å². The van der Waals surface area contributed by atoms with Gasteiger partial charge in [0.25, 0.3) is 5.69 Å². The second kappa shape index (κ2) is 11.4. The van der Waals surface area contributed by atoms with E-state index in [1.807, 2.05) is 43.3 Å². The number of rotatable bonds is 9. The number of thiazole rings is 1. The molecule has 176 valence electrons. The number of halogens is 1. The van der Waals surface area contributed by atoms with E-state index < -0.39 is 4.92 Å². The molecule has 0 aliphatic heterocycles. The third kappa shape index (κ3) is 6.19. The summed E-state index contributed by atoms with van der Waals surface area (Å²) in [5.41, 5.74) is 2.49. The molecule has 4 rings (SSSR count). The number of allylic oxidation sites excluding steroid dienone is 1. The number of fused-ring (bicyclic) bond motifs is 1. The molecule has 0 atom stereocenters. The molecule has 0 fully saturated rings. The Bertz CT molecular complexity index is 1410. The van der Waals surface area contributed by atoms with E-state index in [1.165, 1.54) is 23.9 Å². The SMILES string of the molecule is CCOc1cc(/C=C(\C#N)Sc2nc3ccccc3s2)cc(Br)c1OCc1ccc([N+](=O)[O-])cc1. The summed E-state index contributed by atoms with van der Waals surface area (Å²) >= 11 is 6.42. The van der Waals surface area contributed by atoms with Crippen LogP contribution in [0.2, 0.25) is 0 Å². The number of non-ortho nitro benzene ring substituents is 1. The number of hydrogen-bond acceptors (Lipinski definition) is 8. The van der Waals surface area contributed by atoms with Gasteiger partial charge in [-0.3, -0.25) is 10.1 Å². The first-order valence-corrected chi connectivity index (χ1v) is 12.9. The van der Waals surface area contributed by atoms with Gasteiger partial charge >= 0.3 is 0 Å². The van der Waals surface area contributed by atoms with Crippen LogP contribution < -0.4 is 9.47 Å². The van der Waals surface area contributed by atoms with E-state index in [4.69, 9.17) is 9.47 Å². The summed E-state index contributed by atoms with van der Waals surface area (Å²) in [5.74, 6) is 1.04. The van der Waals surface area contributed by atoms with E-state index in [0.717, 1.165) is 25.7 Å². The maximum Gasteiger partial charge on any atom is 0.269 e. The lowest BCUT2D eigenvalue weighted by Crippen LogP contribution is -2.01. The van der Waals surface area contributed by atoms with E-state index in [2.05, 4.69) is 27.0 Å². The van der Waals surface area contributed by atoms with Crippen LogP contribution in [0, 0.1) is 21.4 Å². The smallest absolute Gasteiger partial charge is 0.269 e. The number of nitro groups is 1. The van der Waals surface area contributed by atoms with E-state index in [-0.39, 0.29) is 12.3 Å². The molecule has 1 aromatic heterocycles. The van der Waals surface area contributed by atoms with Gasteiger partial charge < -0.3 is 9.47 Å². The van der Waals surface area contributed by atoms with Gasteiger partial charge in [-0.15, -0.1) is 11.3 Å². The topological polar surface area (TPSA) is 98.3 Å². The van der Waals surface area contributed by atoms with Crippen LogP contribution in [0.15, 0.2) is 74.4 Å². The largest absolute Gasteiger partial charge is 0.490 e. The zero-order valence-corrected chi connectivity index (χ0v) is 21.7. The van der Waals surface area contributed by atoms with Crippen molar-refractivity contribution in [1.29, 1.82) is 5.26 Å². The van der Waals surface area contributed by atoms with Gasteiger partial charge in [0, 0.05) is 12.1 Å². The van der Waals surface area contributed by atoms with Crippen molar-refractivity contribution in [1.82, 2.24) is 4.98 Å². The van der Waals surface area contributed by atoms with Crippen LogP contribution in [-0.4, -0.2) is 16.5 Å². The molecule has 0 amide bonds. The van der Waals surface area contributed by atoms with Crippen molar-refractivity contribution < 1.29 is 14.4 Å². The second-order valence-corrected chi connectivity index (χ2v) is 10.3. The molecule has 0 aliphatic carbocycles. The predicted molar refractivity (Wildman–Crippen MR) is 142 cm³/mol. The molecular weight excluding hydrogens is 550 g/mol. The van der Waals surface area contributed by atoms with Crippen molar-refractivity contribution in [2.45, 2.75) is 17.9 Å². The van der Waals surface area contributed by atoms with Crippen LogP contribution in [0.5, 0.6) is 11.5 Å². The first-order chi connectivity index (χ1) is 17.0. The van der Waals surface area contributed by atoms with E-state index in [0.29, 0.717) is 27.5 Å². The molecule has 4 aromatic rings. The maximum atomic E-state index is 10.8. The molecule has 0 bridgehead atoms. The summed E-state index contributed by atoms with van der Waals surface area (Å²) < 4.78 is 14.3. The molecule has 0 radical (unpaired) electrons. The van der Waals surface area contributed by atoms with Crippen LogP contribution >= 0.6 is 39.0 Å². The zero-order chi connectivity index (χ0) is 24.8. The molecule has 0 saturated carbocycles. The van der Waals surface area contributed by atoms with Gasteiger partial charge in [-0.1, -0.05) is 12.1 Å². The third-order valence-corrected chi connectivity index (χ3v) is 7.36. The molecule has 7 nitrogen and oxygen atoms in total. The number of ether oxygens (including phenoxy) is 2. The van der Waals surface area contributed by atoms with Crippen LogP contribution in [0.25, 0.3) is 16.3 Å². The molecule has 0 unspecified atom stereocenters. The molecule has 35 heavy (non-hydrogen) atoms. The van der Waals surface area contributed by atoms with Crippen molar-refractivity contribution >= 4 is 61.0 Å². The number of nitriles is 1. The summed E-state index contributed by atoms with van der Waals surface area (Å²) in [4.78, 5) is 15.5. The lowest BCUT2D eigenvalue weighted by molar-refractivity contribution is -0.384. The Morgan fingerprint density at radius 2 is 2.00 bits per heavy atom. The highest BCUT2D eigenvalue weighted by Gasteiger charge is 2.14. The highest BCUT2D eigenvalue weighted by atomic mass is 79.9. The second-order valence-electron chi connectivity index (χ2n) is 7.15. The first kappa shape index (κ1) is 24.7. The highest BCUT2D eigenvalue weighted by molar-refractivity contribution is 9.10. The lowest BCUT2D eigenvalue weighted by atomic mass is 10.2. The monoisotopic (exact) mass is 567 g/mol. The normalized spacial score (nSPS) is 11.3. The van der Waals surface area contributed by atoms with Gasteiger partial charge in [0.1, 0.15) is 12.7 Å². The van der Waals surface area contributed by atoms with Crippen LogP contribution in [0.3, 0.4) is 0 Å². The molecule has 10 heteroatoms. The Kier molecular flexibility index (Phi) is 8.02. The average molecular weight is 568 g/mol. The number of hydrogen-bond donors (Lipinski definition) is 0. The fourth-order valence-corrected chi connectivity index (χ4v) is 5.72. The number of nitro benzene ring substituents is 1. The molecular formula is C25H18BrN3O4S2. The summed E-state index contributed by atoms with van der Waals surface area (Å²) in [6, 6.07) is 20.0. The van der Waals surface area contributed by atoms with Gasteiger partial charge in [-0.25, -0.2) is 4.98 Å². The van der Waals surface area contributed by atoms with Crippen LogP contribution in [0.4, 0.5) is 5.69 Å².